The lowest BCUT2D eigenvalue weighted by Gasteiger charge is -2.13. The van der Waals surface area contributed by atoms with Gasteiger partial charge in [0.2, 0.25) is 0 Å². The third-order valence-corrected chi connectivity index (χ3v) is 3.87. The van der Waals surface area contributed by atoms with Crippen LogP contribution in [0.25, 0.3) is 0 Å². The predicted octanol–water partition coefficient (Wildman–Crippen LogP) is 4.59. The molecule has 3 nitrogen and oxygen atoms in total. The molecular weight excluding hydrogens is 280 g/mol. The highest BCUT2D eigenvalue weighted by Gasteiger charge is 2.02. The van der Waals surface area contributed by atoms with Crippen molar-refractivity contribution >= 4 is 28.6 Å². The Morgan fingerprint density at radius 2 is 2.11 bits per heavy atom. The van der Waals surface area contributed by atoms with E-state index in [1.165, 1.54) is 11.3 Å². The van der Waals surface area contributed by atoms with Crippen molar-refractivity contribution in [2.75, 3.05) is 5.32 Å². The van der Waals surface area contributed by atoms with Gasteiger partial charge in [0.05, 0.1) is 12.6 Å². The molecule has 0 spiro atoms. The Balaban J connectivity index is 1.88. The number of anilines is 1. The minimum atomic E-state index is 0.248. The first-order valence-corrected chi connectivity index (χ1v) is 7.47. The molecule has 1 N–H and O–H groups in total. The average molecular weight is 297 g/mol. The maximum absolute atomic E-state index is 5.79. The van der Waals surface area contributed by atoms with E-state index in [2.05, 4.69) is 24.1 Å². The van der Waals surface area contributed by atoms with E-state index >= 15 is 0 Å². The van der Waals surface area contributed by atoms with Crippen molar-refractivity contribution in [3.8, 4) is 5.75 Å². The normalized spacial score (nSPS) is 12.2. The molecule has 0 bridgehead atoms. The standard InChI is InChI=1S/C14H17ClN2OS/c1-3-10(2)18-12-6-4-11(5-7-12)16-8-13-9-17-14(15)19-13/h4-7,9-10,16H,3,8H2,1-2H3. The summed E-state index contributed by atoms with van der Waals surface area (Å²) >= 11 is 7.28. The smallest absolute Gasteiger partial charge is 0.183 e. The molecule has 1 atom stereocenters. The second-order valence-electron chi connectivity index (χ2n) is 4.29. The molecule has 1 aromatic heterocycles. The second-order valence-corrected chi connectivity index (χ2v) is 5.99. The molecule has 2 aromatic rings. The average Bonchev–Trinajstić information content (AvgIpc) is 2.83. The topological polar surface area (TPSA) is 34.1 Å². The molecule has 2 rings (SSSR count). The summed E-state index contributed by atoms with van der Waals surface area (Å²) in [4.78, 5) is 5.12. The number of thiazole rings is 1. The highest BCUT2D eigenvalue weighted by molar-refractivity contribution is 7.15. The summed E-state index contributed by atoms with van der Waals surface area (Å²) in [5.74, 6) is 0.903. The third-order valence-electron chi connectivity index (χ3n) is 2.76. The third kappa shape index (κ3) is 4.40. The molecule has 1 unspecified atom stereocenters. The molecule has 0 fully saturated rings. The van der Waals surface area contributed by atoms with Crippen LogP contribution >= 0.6 is 22.9 Å². The Morgan fingerprint density at radius 1 is 1.37 bits per heavy atom. The van der Waals surface area contributed by atoms with Crippen LogP contribution in [-0.4, -0.2) is 11.1 Å². The number of nitrogens with one attached hydrogen (secondary N) is 1. The first-order chi connectivity index (χ1) is 9.17. The highest BCUT2D eigenvalue weighted by atomic mass is 35.5. The molecule has 102 valence electrons. The van der Waals surface area contributed by atoms with Crippen molar-refractivity contribution in [1.29, 1.82) is 0 Å². The number of benzene rings is 1. The van der Waals surface area contributed by atoms with Gasteiger partial charge < -0.3 is 10.1 Å². The summed E-state index contributed by atoms with van der Waals surface area (Å²) in [6.45, 7) is 4.91. The molecule has 0 amide bonds. The zero-order valence-electron chi connectivity index (χ0n) is 11.0. The predicted molar refractivity (Wildman–Crippen MR) is 81.3 cm³/mol. The summed E-state index contributed by atoms with van der Waals surface area (Å²) in [6, 6.07) is 7.99. The zero-order valence-corrected chi connectivity index (χ0v) is 12.6. The maximum Gasteiger partial charge on any atom is 0.183 e. The fraction of sp³-hybridized carbons (Fsp3) is 0.357. The van der Waals surface area contributed by atoms with E-state index in [0.29, 0.717) is 4.47 Å². The fourth-order valence-electron chi connectivity index (χ4n) is 1.52. The van der Waals surface area contributed by atoms with Gasteiger partial charge in [-0.1, -0.05) is 18.5 Å². The number of nitrogens with zero attached hydrogens (tertiary/aromatic N) is 1. The number of halogens is 1. The molecule has 0 saturated heterocycles. The number of hydrogen-bond donors (Lipinski definition) is 1. The van der Waals surface area contributed by atoms with Crippen LogP contribution in [0.3, 0.4) is 0 Å². The van der Waals surface area contributed by atoms with E-state index in [4.69, 9.17) is 16.3 Å². The minimum Gasteiger partial charge on any atom is -0.491 e. The Kier molecular flexibility index (Phi) is 5.05. The molecule has 19 heavy (non-hydrogen) atoms. The molecule has 0 aliphatic heterocycles. The van der Waals surface area contributed by atoms with Gasteiger partial charge in [-0.2, -0.15) is 0 Å². The van der Waals surface area contributed by atoms with Gasteiger partial charge in [-0.05, 0) is 37.6 Å². The molecule has 0 aliphatic rings. The van der Waals surface area contributed by atoms with Gasteiger partial charge in [0.15, 0.2) is 4.47 Å². The van der Waals surface area contributed by atoms with Crippen LogP contribution in [0.1, 0.15) is 25.1 Å². The molecule has 0 saturated carbocycles. The zero-order chi connectivity index (χ0) is 13.7. The first-order valence-electron chi connectivity index (χ1n) is 6.28. The van der Waals surface area contributed by atoms with E-state index in [1.54, 1.807) is 6.20 Å². The molecular formula is C14H17ClN2OS. The molecule has 1 heterocycles. The van der Waals surface area contributed by atoms with Crippen LogP contribution in [0, 0.1) is 0 Å². The summed E-state index contributed by atoms with van der Waals surface area (Å²) in [6.07, 6.45) is 3.05. The van der Waals surface area contributed by atoms with E-state index in [0.717, 1.165) is 29.3 Å². The number of ether oxygens (including phenoxy) is 1. The molecule has 5 heteroatoms. The van der Waals surface area contributed by atoms with Crippen molar-refractivity contribution in [2.45, 2.75) is 32.9 Å². The molecule has 1 aromatic carbocycles. The lowest BCUT2D eigenvalue weighted by Crippen LogP contribution is -2.09. The highest BCUT2D eigenvalue weighted by Crippen LogP contribution is 2.21. The Labute approximate surface area is 122 Å². The Bertz CT molecular complexity index is 512. The molecule has 0 radical (unpaired) electrons. The number of aromatic nitrogens is 1. The largest absolute Gasteiger partial charge is 0.491 e. The lowest BCUT2D eigenvalue weighted by atomic mass is 10.3. The van der Waals surface area contributed by atoms with Crippen LogP contribution < -0.4 is 10.1 Å². The number of rotatable bonds is 6. The van der Waals surface area contributed by atoms with Gasteiger partial charge in [0, 0.05) is 16.8 Å². The van der Waals surface area contributed by atoms with Crippen LogP contribution in [-0.2, 0) is 6.54 Å². The minimum absolute atomic E-state index is 0.248. The SMILES string of the molecule is CCC(C)Oc1ccc(NCc2cnc(Cl)s2)cc1. The van der Waals surface area contributed by atoms with Crippen LogP contribution in [0.15, 0.2) is 30.5 Å². The maximum atomic E-state index is 5.79. The van der Waals surface area contributed by atoms with Gasteiger partial charge in [-0.3, -0.25) is 0 Å². The van der Waals surface area contributed by atoms with Gasteiger partial charge in [0.1, 0.15) is 5.75 Å². The summed E-state index contributed by atoms with van der Waals surface area (Å²) in [5.41, 5.74) is 1.06. The molecule has 0 aliphatic carbocycles. The summed E-state index contributed by atoms with van der Waals surface area (Å²) < 4.78 is 6.31. The van der Waals surface area contributed by atoms with Gasteiger partial charge in [-0.15, -0.1) is 11.3 Å². The van der Waals surface area contributed by atoms with E-state index in [9.17, 15) is 0 Å². The monoisotopic (exact) mass is 296 g/mol. The van der Waals surface area contributed by atoms with Crippen molar-refractivity contribution in [3.05, 3.63) is 39.8 Å². The summed E-state index contributed by atoms with van der Waals surface area (Å²) in [7, 11) is 0. The van der Waals surface area contributed by atoms with Crippen molar-refractivity contribution in [2.24, 2.45) is 0 Å². The van der Waals surface area contributed by atoms with E-state index in [-0.39, 0.29) is 6.10 Å². The Morgan fingerprint density at radius 3 is 2.68 bits per heavy atom. The summed E-state index contributed by atoms with van der Waals surface area (Å²) in [5, 5.41) is 3.33. The van der Waals surface area contributed by atoms with E-state index < -0.39 is 0 Å². The van der Waals surface area contributed by atoms with Crippen LogP contribution in [0.4, 0.5) is 5.69 Å². The van der Waals surface area contributed by atoms with Crippen LogP contribution in [0.5, 0.6) is 5.75 Å². The number of hydrogen-bond acceptors (Lipinski definition) is 4. The van der Waals surface area contributed by atoms with Gasteiger partial charge in [0.25, 0.3) is 0 Å². The fourth-order valence-corrected chi connectivity index (χ4v) is 2.44. The van der Waals surface area contributed by atoms with Crippen molar-refractivity contribution < 1.29 is 4.74 Å². The van der Waals surface area contributed by atoms with Gasteiger partial charge in [-0.25, -0.2) is 4.98 Å². The Hall–Kier alpha value is -1.26. The quantitative estimate of drug-likeness (QED) is 0.847. The van der Waals surface area contributed by atoms with Crippen LogP contribution in [0.2, 0.25) is 4.47 Å². The van der Waals surface area contributed by atoms with E-state index in [1.807, 2.05) is 24.3 Å². The van der Waals surface area contributed by atoms with Gasteiger partial charge >= 0.3 is 0 Å². The lowest BCUT2D eigenvalue weighted by molar-refractivity contribution is 0.217. The second kappa shape index (κ2) is 6.78. The first kappa shape index (κ1) is 14.2. The van der Waals surface area contributed by atoms with Crippen molar-refractivity contribution in [3.63, 3.8) is 0 Å². The van der Waals surface area contributed by atoms with Crippen molar-refractivity contribution in [1.82, 2.24) is 4.98 Å².